The maximum absolute atomic E-state index is 6.92. The zero-order chi connectivity index (χ0) is 9.61. The van der Waals surface area contributed by atoms with Crippen molar-refractivity contribution in [3.63, 3.8) is 0 Å². The Morgan fingerprint density at radius 3 is 2.50 bits per heavy atom. The minimum Gasteiger partial charge on any atom is -0.328 e. The first-order valence-corrected chi connectivity index (χ1v) is 3.97. The molecule has 0 saturated carbocycles. The third-order valence-electron chi connectivity index (χ3n) is 2.05. The molecule has 0 aliphatic heterocycles. The van der Waals surface area contributed by atoms with Crippen LogP contribution in [0.15, 0.2) is 24.3 Å². The molecule has 0 rings (SSSR count). The maximum atomic E-state index is 6.92. The van der Waals surface area contributed by atoms with Gasteiger partial charge in [0.15, 0.2) is 0 Å². The number of rotatable bonds is 5. The Labute approximate surface area is 73.6 Å². The average Bonchev–Trinajstić information content (AvgIpc) is 2.13. The Kier molecular flexibility index (Phi) is 4.47. The van der Waals surface area contributed by atoms with E-state index in [0.29, 0.717) is 6.54 Å². The van der Waals surface area contributed by atoms with Crippen molar-refractivity contribution in [3.05, 3.63) is 24.3 Å². The lowest BCUT2D eigenvalue weighted by Gasteiger charge is -2.27. The molecule has 0 saturated heterocycles. The summed E-state index contributed by atoms with van der Waals surface area (Å²) in [7, 11) is 0. The highest BCUT2D eigenvalue weighted by atomic mass is 14.8. The van der Waals surface area contributed by atoms with E-state index in [4.69, 9.17) is 16.9 Å². The summed E-state index contributed by atoms with van der Waals surface area (Å²) in [5, 5.41) is 6.92. The SMILES string of the molecule is C=C/C(=C\C=N)C(N)(CC)CN. The van der Waals surface area contributed by atoms with Crippen LogP contribution in [0.5, 0.6) is 0 Å². The van der Waals surface area contributed by atoms with Crippen molar-refractivity contribution in [1.29, 1.82) is 5.41 Å². The third kappa shape index (κ3) is 2.29. The summed E-state index contributed by atoms with van der Waals surface area (Å²) in [6.07, 6.45) is 5.23. The van der Waals surface area contributed by atoms with Crippen LogP contribution in [0.2, 0.25) is 0 Å². The van der Waals surface area contributed by atoms with Crippen LogP contribution in [0.3, 0.4) is 0 Å². The van der Waals surface area contributed by atoms with E-state index in [-0.39, 0.29) is 0 Å². The standard InChI is InChI=1S/C9H17N3/c1-3-8(5-6-10)9(12,4-2)7-11/h3,5-6,10H,1,4,7,11-12H2,2H3/b8-5+,10-6?. The predicted molar refractivity (Wildman–Crippen MR) is 53.3 cm³/mol. The van der Waals surface area contributed by atoms with Crippen molar-refractivity contribution in [2.45, 2.75) is 18.9 Å². The molecule has 12 heavy (non-hydrogen) atoms. The van der Waals surface area contributed by atoms with Crippen LogP contribution in [0.1, 0.15) is 13.3 Å². The lowest BCUT2D eigenvalue weighted by molar-refractivity contribution is 0.502. The van der Waals surface area contributed by atoms with Gasteiger partial charge in [-0.15, -0.1) is 0 Å². The summed E-state index contributed by atoms with van der Waals surface area (Å²) >= 11 is 0. The molecule has 0 fully saturated rings. The van der Waals surface area contributed by atoms with Crippen molar-refractivity contribution in [3.8, 4) is 0 Å². The fourth-order valence-corrected chi connectivity index (χ4v) is 0.993. The van der Waals surface area contributed by atoms with Crippen molar-refractivity contribution in [2.24, 2.45) is 11.5 Å². The Morgan fingerprint density at radius 2 is 2.25 bits per heavy atom. The zero-order valence-corrected chi connectivity index (χ0v) is 7.51. The van der Waals surface area contributed by atoms with Crippen LogP contribution >= 0.6 is 0 Å². The van der Waals surface area contributed by atoms with E-state index >= 15 is 0 Å². The molecule has 0 radical (unpaired) electrons. The summed E-state index contributed by atoms with van der Waals surface area (Å²) < 4.78 is 0. The molecule has 0 amide bonds. The Morgan fingerprint density at radius 1 is 1.67 bits per heavy atom. The van der Waals surface area contributed by atoms with E-state index in [1.165, 1.54) is 6.21 Å². The number of hydrogen-bond acceptors (Lipinski definition) is 3. The Balaban J connectivity index is 4.78. The molecule has 0 aliphatic rings. The highest BCUT2D eigenvalue weighted by molar-refractivity contribution is 5.70. The molecule has 3 heteroatoms. The molecule has 0 bridgehead atoms. The van der Waals surface area contributed by atoms with Gasteiger partial charge in [0, 0.05) is 12.8 Å². The smallest absolute Gasteiger partial charge is 0.0531 e. The molecule has 0 heterocycles. The molecule has 0 aliphatic carbocycles. The van der Waals surface area contributed by atoms with Crippen molar-refractivity contribution in [1.82, 2.24) is 0 Å². The molecule has 68 valence electrons. The van der Waals surface area contributed by atoms with Crippen molar-refractivity contribution in [2.75, 3.05) is 6.54 Å². The molecular weight excluding hydrogens is 150 g/mol. The quantitative estimate of drug-likeness (QED) is 0.418. The molecular formula is C9H17N3. The van der Waals surface area contributed by atoms with Crippen LogP contribution in [0.25, 0.3) is 0 Å². The molecule has 0 spiro atoms. The lowest BCUT2D eigenvalue weighted by atomic mass is 9.88. The highest BCUT2D eigenvalue weighted by Gasteiger charge is 2.23. The second-order valence-electron chi connectivity index (χ2n) is 2.71. The molecule has 1 atom stereocenters. The van der Waals surface area contributed by atoms with Gasteiger partial charge in [0.2, 0.25) is 0 Å². The Bertz CT molecular complexity index is 190. The van der Waals surface area contributed by atoms with E-state index in [1.807, 2.05) is 6.92 Å². The number of nitrogens with two attached hydrogens (primary N) is 2. The fraction of sp³-hybridized carbons (Fsp3) is 0.444. The second kappa shape index (κ2) is 4.85. The van der Waals surface area contributed by atoms with Gasteiger partial charge in [-0.2, -0.15) is 0 Å². The maximum Gasteiger partial charge on any atom is 0.0531 e. The second-order valence-corrected chi connectivity index (χ2v) is 2.71. The minimum atomic E-state index is -0.528. The first-order valence-electron chi connectivity index (χ1n) is 3.97. The molecule has 5 N–H and O–H groups in total. The number of allylic oxidation sites excluding steroid dienone is 1. The van der Waals surface area contributed by atoms with E-state index in [0.717, 1.165) is 12.0 Å². The molecule has 0 aromatic heterocycles. The largest absolute Gasteiger partial charge is 0.328 e. The fourth-order valence-electron chi connectivity index (χ4n) is 0.993. The minimum absolute atomic E-state index is 0.370. The first kappa shape index (κ1) is 11.1. The summed E-state index contributed by atoms with van der Waals surface area (Å²) in [5.41, 5.74) is 11.8. The van der Waals surface area contributed by atoms with Gasteiger partial charge in [-0.1, -0.05) is 19.6 Å². The normalized spacial score (nSPS) is 16.8. The Hall–Kier alpha value is -0.930. The van der Waals surface area contributed by atoms with Gasteiger partial charge in [-0.05, 0) is 18.1 Å². The van der Waals surface area contributed by atoms with Gasteiger partial charge in [-0.25, -0.2) is 0 Å². The van der Waals surface area contributed by atoms with Crippen molar-refractivity contribution < 1.29 is 0 Å². The van der Waals surface area contributed by atoms with Gasteiger partial charge in [-0.3, -0.25) is 0 Å². The van der Waals surface area contributed by atoms with Gasteiger partial charge < -0.3 is 16.9 Å². The van der Waals surface area contributed by atoms with Crippen LogP contribution in [-0.2, 0) is 0 Å². The number of hydrogen-bond donors (Lipinski definition) is 3. The first-order chi connectivity index (χ1) is 5.64. The van der Waals surface area contributed by atoms with E-state index < -0.39 is 5.54 Å². The zero-order valence-electron chi connectivity index (χ0n) is 7.51. The lowest BCUT2D eigenvalue weighted by Crippen LogP contribution is -2.47. The summed E-state index contributed by atoms with van der Waals surface area (Å²) in [6, 6.07) is 0. The monoisotopic (exact) mass is 167 g/mol. The van der Waals surface area contributed by atoms with E-state index in [2.05, 4.69) is 6.58 Å². The number of nitrogens with one attached hydrogen (secondary N) is 1. The van der Waals surface area contributed by atoms with Crippen molar-refractivity contribution >= 4 is 6.21 Å². The summed E-state index contributed by atoms with van der Waals surface area (Å²) in [5.74, 6) is 0. The van der Waals surface area contributed by atoms with Gasteiger partial charge in [0.05, 0.1) is 5.54 Å². The predicted octanol–water partition coefficient (Wildman–Crippen LogP) is 0.815. The molecule has 0 aromatic carbocycles. The summed E-state index contributed by atoms with van der Waals surface area (Å²) in [6.45, 7) is 5.97. The van der Waals surface area contributed by atoms with E-state index in [1.54, 1.807) is 12.2 Å². The van der Waals surface area contributed by atoms with Gasteiger partial charge >= 0.3 is 0 Å². The average molecular weight is 167 g/mol. The van der Waals surface area contributed by atoms with Crippen LogP contribution < -0.4 is 11.5 Å². The molecule has 0 aromatic rings. The van der Waals surface area contributed by atoms with Crippen LogP contribution in [0, 0.1) is 5.41 Å². The van der Waals surface area contributed by atoms with E-state index in [9.17, 15) is 0 Å². The van der Waals surface area contributed by atoms with Crippen LogP contribution in [0.4, 0.5) is 0 Å². The summed E-state index contributed by atoms with van der Waals surface area (Å²) in [4.78, 5) is 0. The third-order valence-corrected chi connectivity index (χ3v) is 2.05. The highest BCUT2D eigenvalue weighted by Crippen LogP contribution is 2.16. The van der Waals surface area contributed by atoms with Gasteiger partial charge in [0.25, 0.3) is 0 Å². The van der Waals surface area contributed by atoms with Gasteiger partial charge in [0.1, 0.15) is 0 Å². The molecule has 1 unspecified atom stereocenters. The topological polar surface area (TPSA) is 75.9 Å². The van der Waals surface area contributed by atoms with Crippen LogP contribution in [-0.4, -0.2) is 18.3 Å². The molecule has 3 nitrogen and oxygen atoms in total.